The van der Waals surface area contributed by atoms with E-state index in [2.05, 4.69) is 11.2 Å². The fourth-order valence-electron chi connectivity index (χ4n) is 4.50. The number of hydrogen-bond acceptors (Lipinski definition) is 6. The van der Waals surface area contributed by atoms with Crippen molar-refractivity contribution in [2.75, 3.05) is 18.1 Å². The number of para-hydroxylation sites is 1. The maximum absolute atomic E-state index is 13.1. The fraction of sp³-hybridized carbons (Fsp3) is 0.409. The largest absolute Gasteiger partial charge is 0.330 e. The number of hydrogen-bond donors (Lipinski definition) is 0. The molecule has 2 fully saturated rings. The highest BCUT2D eigenvalue weighted by atomic mass is 35.5. The molecule has 2 atom stereocenters. The lowest BCUT2D eigenvalue weighted by molar-refractivity contribution is -0.126. The van der Waals surface area contributed by atoms with Crippen LogP contribution in [0.25, 0.3) is 16.3 Å². The van der Waals surface area contributed by atoms with Gasteiger partial charge in [0.2, 0.25) is 5.91 Å². The molecule has 168 valence electrons. The zero-order valence-electron chi connectivity index (χ0n) is 17.6. The van der Waals surface area contributed by atoms with Crippen LogP contribution in [0, 0.1) is 6.92 Å². The number of benzene rings is 1. The average Bonchev–Trinajstić information content (AvgIpc) is 3.52. The first-order valence-corrected chi connectivity index (χ1v) is 13.6. The molecule has 0 saturated carbocycles. The van der Waals surface area contributed by atoms with Crippen LogP contribution in [-0.2, 0) is 14.6 Å². The Hall–Kier alpha value is -2.23. The summed E-state index contributed by atoms with van der Waals surface area (Å²) in [5.74, 6) is 0.116. The van der Waals surface area contributed by atoms with Crippen LogP contribution in [0.3, 0.4) is 0 Å². The van der Waals surface area contributed by atoms with Gasteiger partial charge in [0, 0.05) is 18.2 Å². The van der Waals surface area contributed by atoms with Gasteiger partial charge in [-0.1, -0.05) is 23.7 Å². The monoisotopic (exact) mass is 490 g/mol. The van der Waals surface area contributed by atoms with Crippen molar-refractivity contribution in [1.29, 1.82) is 0 Å². The van der Waals surface area contributed by atoms with Crippen molar-refractivity contribution in [2.24, 2.45) is 0 Å². The minimum absolute atomic E-state index is 0.0208. The van der Waals surface area contributed by atoms with Gasteiger partial charge >= 0.3 is 0 Å². The summed E-state index contributed by atoms with van der Waals surface area (Å²) in [5, 5.41) is 5.80. The third-order valence-corrected chi connectivity index (χ3v) is 9.41. The molecule has 2 saturated heterocycles. The number of thiazole rings is 1. The number of sulfone groups is 1. The average molecular weight is 491 g/mol. The van der Waals surface area contributed by atoms with Crippen LogP contribution in [0.1, 0.15) is 47.6 Å². The summed E-state index contributed by atoms with van der Waals surface area (Å²) in [6.07, 6.45) is 5.57. The molecule has 0 spiro atoms. The van der Waals surface area contributed by atoms with E-state index >= 15 is 0 Å². The molecule has 3 aromatic rings. The second-order valence-corrected chi connectivity index (χ2v) is 12.0. The molecule has 1 aromatic carbocycles. The Balaban J connectivity index is 1.36. The molecule has 2 aliphatic rings. The first-order chi connectivity index (χ1) is 15.3. The smallest absolute Gasteiger partial charge is 0.247 e. The number of rotatable bonds is 4. The van der Waals surface area contributed by atoms with Crippen molar-refractivity contribution in [2.45, 2.75) is 38.3 Å². The van der Waals surface area contributed by atoms with Gasteiger partial charge in [-0.15, -0.1) is 11.3 Å². The number of carbonyl (C=O) groups excluding carboxylic acids is 1. The van der Waals surface area contributed by atoms with E-state index in [1.165, 1.54) is 6.08 Å². The van der Waals surface area contributed by atoms with E-state index in [-0.39, 0.29) is 29.5 Å². The van der Waals surface area contributed by atoms with Gasteiger partial charge in [0.25, 0.3) is 0 Å². The van der Waals surface area contributed by atoms with E-state index in [1.54, 1.807) is 22.1 Å². The topological polar surface area (TPSA) is 85.2 Å². The van der Waals surface area contributed by atoms with Crippen LogP contribution in [0.5, 0.6) is 0 Å². The van der Waals surface area contributed by atoms with E-state index in [4.69, 9.17) is 16.6 Å². The highest BCUT2D eigenvalue weighted by molar-refractivity contribution is 7.91. The Kier molecular flexibility index (Phi) is 5.59. The van der Waals surface area contributed by atoms with Gasteiger partial charge in [-0.25, -0.2) is 18.1 Å². The summed E-state index contributed by atoms with van der Waals surface area (Å²) in [6.45, 7) is 2.51. The summed E-state index contributed by atoms with van der Waals surface area (Å²) < 4.78 is 26.4. The fourth-order valence-corrected chi connectivity index (χ4v) is 7.68. The van der Waals surface area contributed by atoms with E-state index in [9.17, 15) is 13.2 Å². The zero-order valence-corrected chi connectivity index (χ0v) is 20.0. The molecule has 2 unspecified atom stereocenters. The van der Waals surface area contributed by atoms with Gasteiger partial charge in [0.1, 0.15) is 10.2 Å². The minimum atomic E-state index is -3.05. The van der Waals surface area contributed by atoms with Gasteiger partial charge in [-0.05, 0) is 44.4 Å². The highest BCUT2D eigenvalue weighted by Crippen LogP contribution is 2.37. The van der Waals surface area contributed by atoms with E-state index in [0.717, 1.165) is 28.1 Å². The molecular weight excluding hydrogens is 468 g/mol. The number of fused-ring (bicyclic) bond motifs is 1. The predicted molar refractivity (Wildman–Crippen MR) is 127 cm³/mol. The number of aryl methyl sites for hydroxylation is 1. The highest BCUT2D eigenvalue weighted by Gasteiger charge is 2.33. The Morgan fingerprint density at radius 2 is 2.09 bits per heavy atom. The summed E-state index contributed by atoms with van der Waals surface area (Å²) >= 11 is 8.18. The molecule has 2 aliphatic heterocycles. The van der Waals surface area contributed by atoms with Crippen molar-refractivity contribution in [3.63, 3.8) is 0 Å². The standard InChI is InChI=1S/C22H23ClN4O3S2/c1-14-16(21(23)27(25-14)15-10-12-32(29,30)13-15)8-9-20(28)26-11-4-6-18(26)22-24-17-5-2-3-7-19(17)31-22/h2-3,5,7-9,15,18H,4,6,10-13H2,1H3. The quantitative estimate of drug-likeness (QED) is 0.512. The number of aromatic nitrogens is 3. The van der Waals surface area contributed by atoms with Crippen molar-refractivity contribution in [1.82, 2.24) is 19.7 Å². The number of likely N-dealkylation sites (tertiary alicyclic amines) is 1. The molecule has 10 heteroatoms. The van der Waals surface area contributed by atoms with Crippen molar-refractivity contribution in [3.8, 4) is 0 Å². The van der Waals surface area contributed by atoms with Crippen LogP contribution in [-0.4, -0.2) is 52.0 Å². The van der Waals surface area contributed by atoms with E-state index < -0.39 is 9.84 Å². The molecule has 5 rings (SSSR count). The Labute approximate surface area is 195 Å². The normalized spacial score (nSPS) is 23.0. The van der Waals surface area contributed by atoms with Crippen LogP contribution >= 0.6 is 22.9 Å². The molecule has 0 aliphatic carbocycles. The van der Waals surface area contributed by atoms with E-state index in [1.807, 2.05) is 30.0 Å². The van der Waals surface area contributed by atoms with Crippen molar-refractivity contribution < 1.29 is 13.2 Å². The van der Waals surface area contributed by atoms with Gasteiger partial charge in [0.05, 0.1) is 39.5 Å². The molecule has 0 N–H and O–H groups in total. The molecule has 0 bridgehead atoms. The number of nitrogens with zero attached hydrogens (tertiary/aromatic N) is 4. The Morgan fingerprint density at radius 1 is 1.28 bits per heavy atom. The maximum atomic E-state index is 13.1. The number of amides is 1. The molecule has 0 radical (unpaired) electrons. The number of halogens is 1. The Bertz CT molecular complexity index is 1300. The maximum Gasteiger partial charge on any atom is 0.247 e. The van der Waals surface area contributed by atoms with Crippen LogP contribution in [0.15, 0.2) is 30.3 Å². The molecule has 2 aromatic heterocycles. The second kappa shape index (κ2) is 8.28. The molecule has 4 heterocycles. The predicted octanol–water partition coefficient (Wildman–Crippen LogP) is 4.19. The zero-order chi connectivity index (χ0) is 22.5. The summed E-state index contributed by atoms with van der Waals surface area (Å²) in [4.78, 5) is 19.7. The van der Waals surface area contributed by atoms with Gasteiger partial charge < -0.3 is 4.90 Å². The van der Waals surface area contributed by atoms with Crippen molar-refractivity contribution in [3.05, 3.63) is 51.8 Å². The lowest BCUT2D eigenvalue weighted by Crippen LogP contribution is -2.28. The third kappa shape index (κ3) is 3.97. The first kappa shape index (κ1) is 21.6. The molecule has 7 nitrogen and oxygen atoms in total. The van der Waals surface area contributed by atoms with Crippen LogP contribution < -0.4 is 0 Å². The second-order valence-electron chi connectivity index (χ2n) is 8.33. The molecule has 1 amide bonds. The first-order valence-electron chi connectivity index (χ1n) is 10.6. The number of carbonyl (C=O) groups is 1. The lowest BCUT2D eigenvalue weighted by atomic mass is 10.2. The Morgan fingerprint density at radius 3 is 2.84 bits per heavy atom. The van der Waals surface area contributed by atoms with Gasteiger partial charge in [-0.3, -0.25) is 4.79 Å². The summed E-state index contributed by atoms with van der Waals surface area (Å²) in [5.41, 5.74) is 2.29. The molecular formula is C22H23ClN4O3S2. The SMILES string of the molecule is Cc1nn(C2CCS(=O)(=O)C2)c(Cl)c1C=CC(=O)N1CCCC1c1nc2ccccc2s1. The van der Waals surface area contributed by atoms with Crippen LogP contribution in [0.4, 0.5) is 0 Å². The van der Waals surface area contributed by atoms with Gasteiger partial charge in [0.15, 0.2) is 9.84 Å². The van der Waals surface area contributed by atoms with Crippen LogP contribution in [0.2, 0.25) is 5.15 Å². The van der Waals surface area contributed by atoms with E-state index in [0.29, 0.717) is 29.4 Å². The summed E-state index contributed by atoms with van der Waals surface area (Å²) in [7, 11) is -3.05. The molecule has 32 heavy (non-hydrogen) atoms. The van der Waals surface area contributed by atoms with Gasteiger partial charge in [-0.2, -0.15) is 5.10 Å². The van der Waals surface area contributed by atoms with Crippen molar-refractivity contribution >= 4 is 55.0 Å². The third-order valence-electron chi connectivity index (χ3n) is 6.15. The summed E-state index contributed by atoms with van der Waals surface area (Å²) in [6, 6.07) is 7.74. The minimum Gasteiger partial charge on any atom is -0.330 e. The lowest BCUT2D eigenvalue weighted by Gasteiger charge is -2.21.